The molecule has 1 fully saturated rings. The molecule has 1 aromatic carbocycles. The Kier molecular flexibility index (Phi) is 4.56. The number of carbonyl (C=O) groups excluding carboxylic acids is 1. The zero-order valence-corrected chi connectivity index (χ0v) is 11.5. The molecular weight excluding hydrogens is 240 g/mol. The highest BCUT2D eigenvalue weighted by atomic mass is 16.5. The van der Waals surface area contributed by atoms with E-state index in [1.54, 1.807) is 0 Å². The number of likely N-dealkylation sites (tertiary alicyclic amines) is 1. The van der Waals surface area contributed by atoms with Crippen LogP contribution in [0, 0.1) is 0 Å². The van der Waals surface area contributed by atoms with Gasteiger partial charge in [-0.05, 0) is 25.3 Å². The van der Waals surface area contributed by atoms with Gasteiger partial charge in [0.1, 0.15) is 5.54 Å². The van der Waals surface area contributed by atoms with E-state index in [1.165, 1.54) is 5.56 Å². The Morgan fingerprint density at radius 2 is 1.95 bits per heavy atom. The highest BCUT2D eigenvalue weighted by molar-refractivity contribution is 5.80. The lowest BCUT2D eigenvalue weighted by Crippen LogP contribution is -2.56. The van der Waals surface area contributed by atoms with Crippen molar-refractivity contribution in [1.29, 1.82) is 0 Å². The zero-order chi connectivity index (χ0) is 13.7. The van der Waals surface area contributed by atoms with Crippen LogP contribution in [0.25, 0.3) is 0 Å². The van der Waals surface area contributed by atoms with Gasteiger partial charge in [0.25, 0.3) is 0 Å². The number of piperidine rings is 1. The summed E-state index contributed by atoms with van der Waals surface area (Å²) in [5, 5.41) is 0. The van der Waals surface area contributed by atoms with Crippen molar-refractivity contribution in [2.24, 2.45) is 5.73 Å². The molecule has 2 rings (SSSR count). The number of hydrogen-bond donors (Lipinski definition) is 1. The second-order valence-corrected chi connectivity index (χ2v) is 5.14. The number of nitrogens with two attached hydrogens (primary N) is 1. The van der Waals surface area contributed by atoms with Crippen LogP contribution >= 0.6 is 0 Å². The maximum Gasteiger partial charge on any atom is 0.326 e. The zero-order valence-electron chi connectivity index (χ0n) is 11.5. The molecule has 0 amide bonds. The molecular formula is C15H22N2O2. The summed E-state index contributed by atoms with van der Waals surface area (Å²) in [6.07, 6.45) is 1.33. The van der Waals surface area contributed by atoms with E-state index in [1.807, 2.05) is 25.1 Å². The first-order chi connectivity index (χ1) is 9.14. The van der Waals surface area contributed by atoms with Crippen LogP contribution in [0.5, 0.6) is 0 Å². The highest BCUT2D eigenvalue weighted by Gasteiger charge is 2.38. The van der Waals surface area contributed by atoms with E-state index in [-0.39, 0.29) is 5.97 Å². The van der Waals surface area contributed by atoms with Crippen LogP contribution in [-0.2, 0) is 16.1 Å². The molecule has 0 spiro atoms. The van der Waals surface area contributed by atoms with E-state index < -0.39 is 5.54 Å². The van der Waals surface area contributed by atoms with Gasteiger partial charge in [0.2, 0.25) is 0 Å². The molecule has 0 radical (unpaired) electrons. The first-order valence-electron chi connectivity index (χ1n) is 6.86. The number of esters is 1. The highest BCUT2D eigenvalue weighted by Crippen LogP contribution is 2.22. The molecule has 1 aliphatic heterocycles. The Morgan fingerprint density at radius 3 is 2.53 bits per heavy atom. The third-order valence-corrected chi connectivity index (χ3v) is 3.68. The average molecular weight is 262 g/mol. The van der Waals surface area contributed by atoms with Crippen LogP contribution in [0.3, 0.4) is 0 Å². The van der Waals surface area contributed by atoms with Gasteiger partial charge in [0, 0.05) is 19.6 Å². The number of ether oxygens (including phenoxy) is 1. The molecule has 4 heteroatoms. The van der Waals surface area contributed by atoms with Crippen molar-refractivity contribution in [3.63, 3.8) is 0 Å². The number of hydrogen-bond acceptors (Lipinski definition) is 4. The lowest BCUT2D eigenvalue weighted by molar-refractivity contribution is -0.151. The van der Waals surface area contributed by atoms with E-state index in [0.717, 1.165) is 19.6 Å². The first-order valence-corrected chi connectivity index (χ1v) is 6.86. The summed E-state index contributed by atoms with van der Waals surface area (Å²) >= 11 is 0. The van der Waals surface area contributed by atoms with Crippen molar-refractivity contribution in [2.45, 2.75) is 31.8 Å². The van der Waals surface area contributed by atoms with E-state index in [4.69, 9.17) is 10.5 Å². The predicted molar refractivity (Wildman–Crippen MR) is 74.5 cm³/mol. The molecule has 4 nitrogen and oxygen atoms in total. The number of rotatable bonds is 4. The number of carbonyl (C=O) groups is 1. The third-order valence-electron chi connectivity index (χ3n) is 3.68. The van der Waals surface area contributed by atoms with Gasteiger partial charge < -0.3 is 10.5 Å². The number of benzene rings is 1. The van der Waals surface area contributed by atoms with Crippen LogP contribution in [0.15, 0.2) is 30.3 Å². The van der Waals surface area contributed by atoms with Gasteiger partial charge in [0.05, 0.1) is 6.61 Å². The van der Waals surface area contributed by atoms with Crippen molar-refractivity contribution in [2.75, 3.05) is 19.7 Å². The molecule has 0 unspecified atom stereocenters. The van der Waals surface area contributed by atoms with E-state index in [9.17, 15) is 4.79 Å². The number of nitrogens with zero attached hydrogens (tertiary/aromatic N) is 1. The lowest BCUT2D eigenvalue weighted by atomic mass is 9.88. The van der Waals surface area contributed by atoms with Gasteiger partial charge in [-0.1, -0.05) is 30.3 Å². The van der Waals surface area contributed by atoms with Crippen molar-refractivity contribution in [1.82, 2.24) is 4.90 Å². The molecule has 1 heterocycles. The third kappa shape index (κ3) is 3.55. The normalized spacial score (nSPS) is 19.1. The maximum absolute atomic E-state index is 11.8. The maximum atomic E-state index is 11.8. The van der Waals surface area contributed by atoms with Gasteiger partial charge in [-0.25, -0.2) is 0 Å². The van der Waals surface area contributed by atoms with Gasteiger partial charge in [0.15, 0.2) is 0 Å². The standard InChI is InChI=1S/C15H22N2O2/c1-2-19-14(18)15(16)8-10-17(11-9-15)12-13-6-4-3-5-7-13/h3-7H,2,8-12,16H2,1H3. The minimum absolute atomic E-state index is 0.255. The summed E-state index contributed by atoms with van der Waals surface area (Å²) in [5.74, 6) is -0.255. The molecule has 0 aliphatic carbocycles. The summed E-state index contributed by atoms with van der Waals surface area (Å²) in [4.78, 5) is 14.2. The van der Waals surface area contributed by atoms with Crippen LogP contribution < -0.4 is 5.73 Å². The van der Waals surface area contributed by atoms with Crippen LogP contribution in [-0.4, -0.2) is 36.1 Å². The molecule has 19 heavy (non-hydrogen) atoms. The largest absolute Gasteiger partial charge is 0.465 e. The van der Waals surface area contributed by atoms with Crippen LogP contribution in [0.1, 0.15) is 25.3 Å². The molecule has 0 aromatic heterocycles. The molecule has 1 saturated heterocycles. The average Bonchev–Trinajstić information content (AvgIpc) is 2.43. The molecule has 2 N–H and O–H groups in total. The topological polar surface area (TPSA) is 55.6 Å². The van der Waals surface area contributed by atoms with Gasteiger partial charge in [-0.3, -0.25) is 9.69 Å². The van der Waals surface area contributed by atoms with Gasteiger partial charge >= 0.3 is 5.97 Å². The molecule has 1 aliphatic rings. The Morgan fingerprint density at radius 1 is 1.32 bits per heavy atom. The summed E-state index contributed by atoms with van der Waals surface area (Å²) in [7, 11) is 0. The van der Waals surface area contributed by atoms with Crippen molar-refractivity contribution < 1.29 is 9.53 Å². The van der Waals surface area contributed by atoms with E-state index in [0.29, 0.717) is 19.4 Å². The van der Waals surface area contributed by atoms with Gasteiger partial charge in [-0.2, -0.15) is 0 Å². The minimum atomic E-state index is -0.788. The van der Waals surface area contributed by atoms with E-state index >= 15 is 0 Å². The van der Waals surface area contributed by atoms with Crippen molar-refractivity contribution in [3.05, 3.63) is 35.9 Å². The second kappa shape index (κ2) is 6.17. The Labute approximate surface area is 114 Å². The Bertz CT molecular complexity index is 411. The molecule has 104 valence electrons. The molecule has 0 saturated carbocycles. The van der Waals surface area contributed by atoms with Crippen LogP contribution in [0.4, 0.5) is 0 Å². The second-order valence-electron chi connectivity index (χ2n) is 5.14. The van der Waals surface area contributed by atoms with E-state index in [2.05, 4.69) is 17.0 Å². The Hall–Kier alpha value is -1.39. The SMILES string of the molecule is CCOC(=O)C1(N)CCN(Cc2ccccc2)CC1. The fourth-order valence-electron chi connectivity index (χ4n) is 2.43. The fourth-order valence-corrected chi connectivity index (χ4v) is 2.43. The molecule has 0 bridgehead atoms. The summed E-state index contributed by atoms with van der Waals surface area (Å²) in [6.45, 7) is 4.80. The smallest absolute Gasteiger partial charge is 0.326 e. The lowest BCUT2D eigenvalue weighted by Gasteiger charge is -2.37. The summed E-state index contributed by atoms with van der Waals surface area (Å²) < 4.78 is 5.06. The van der Waals surface area contributed by atoms with Crippen LogP contribution in [0.2, 0.25) is 0 Å². The quantitative estimate of drug-likeness (QED) is 0.836. The molecule has 1 aromatic rings. The van der Waals surface area contributed by atoms with Crippen molar-refractivity contribution >= 4 is 5.97 Å². The summed E-state index contributed by atoms with van der Waals surface area (Å²) in [6, 6.07) is 10.4. The summed E-state index contributed by atoms with van der Waals surface area (Å²) in [5.41, 5.74) is 6.65. The van der Waals surface area contributed by atoms with Crippen molar-refractivity contribution in [3.8, 4) is 0 Å². The monoisotopic (exact) mass is 262 g/mol. The Balaban J connectivity index is 1.87. The van der Waals surface area contributed by atoms with Gasteiger partial charge in [-0.15, -0.1) is 0 Å². The molecule has 0 atom stereocenters. The first kappa shape index (κ1) is 14.0. The predicted octanol–water partition coefficient (Wildman–Crippen LogP) is 1.54. The fraction of sp³-hybridized carbons (Fsp3) is 0.533. The minimum Gasteiger partial charge on any atom is -0.465 e.